The molecule has 222 valence electrons. The number of aromatic nitrogens is 3. The number of hydrogen-bond acceptors (Lipinski definition) is 7. The van der Waals surface area contributed by atoms with Crippen molar-refractivity contribution in [2.75, 3.05) is 10.3 Å². The van der Waals surface area contributed by atoms with Gasteiger partial charge in [0.1, 0.15) is 5.82 Å². The van der Waals surface area contributed by atoms with Gasteiger partial charge in [-0.05, 0) is 67.8 Å². The number of anilines is 2. The van der Waals surface area contributed by atoms with Crippen molar-refractivity contribution in [2.45, 2.75) is 39.2 Å². The topological polar surface area (TPSA) is 132 Å². The summed E-state index contributed by atoms with van der Waals surface area (Å²) in [5, 5.41) is 3.89. The van der Waals surface area contributed by atoms with E-state index in [1.165, 1.54) is 53.5 Å². The maximum Gasteiger partial charge on any atom is 0.254 e. The summed E-state index contributed by atoms with van der Waals surface area (Å²) in [5.74, 6) is 4.35. The van der Waals surface area contributed by atoms with E-state index >= 15 is 4.39 Å². The van der Waals surface area contributed by atoms with Gasteiger partial charge in [-0.15, -0.1) is 0 Å². The molecule has 1 aliphatic rings. The Balaban J connectivity index is 1.62. The lowest BCUT2D eigenvalue weighted by Crippen LogP contribution is -2.28. The number of nitrogens with two attached hydrogens (primary N) is 2. The van der Waals surface area contributed by atoms with Crippen LogP contribution in [0.1, 0.15) is 44.8 Å². The minimum absolute atomic E-state index is 0.0272. The van der Waals surface area contributed by atoms with Crippen molar-refractivity contribution < 1.29 is 13.6 Å². The van der Waals surface area contributed by atoms with Crippen molar-refractivity contribution in [3.8, 4) is 22.4 Å². The van der Waals surface area contributed by atoms with Crippen LogP contribution in [0, 0.1) is 17.6 Å². The normalized spacial score (nSPS) is 17.3. The Morgan fingerprint density at radius 2 is 1.91 bits per heavy atom. The highest BCUT2D eigenvalue weighted by Gasteiger charge is 2.24. The van der Waals surface area contributed by atoms with Gasteiger partial charge < -0.3 is 11.1 Å². The molecule has 9 nitrogen and oxygen atoms in total. The Bertz CT molecular complexity index is 1790. The van der Waals surface area contributed by atoms with Gasteiger partial charge in [-0.25, -0.2) is 19.6 Å². The molecule has 1 amide bonds. The third-order valence-electron chi connectivity index (χ3n) is 7.36. The second kappa shape index (κ2) is 12.3. The van der Waals surface area contributed by atoms with E-state index in [1.807, 2.05) is 6.92 Å². The Kier molecular flexibility index (Phi) is 8.56. The van der Waals surface area contributed by atoms with Crippen molar-refractivity contribution in [3.63, 3.8) is 0 Å². The van der Waals surface area contributed by atoms with Crippen LogP contribution in [0.15, 0.2) is 77.7 Å². The SMILES string of the molecule is C/C(N)=C/N(N)c1ccc(Cl)c(F)c1-c1cc(=O)n(C2CCCC(C)C(=O)Nc3ccc(F)cc3-c3ccnc2c3)cn1. The van der Waals surface area contributed by atoms with Crippen molar-refractivity contribution in [3.05, 3.63) is 106 Å². The Hall–Kier alpha value is -4.61. The maximum absolute atomic E-state index is 15.4. The molecule has 2 bridgehead atoms. The van der Waals surface area contributed by atoms with Crippen LogP contribution in [0.4, 0.5) is 20.2 Å². The molecule has 12 heteroatoms. The molecule has 0 radical (unpaired) electrons. The van der Waals surface area contributed by atoms with Crippen molar-refractivity contribution in [1.82, 2.24) is 14.5 Å². The Morgan fingerprint density at radius 1 is 1.12 bits per heavy atom. The Labute approximate surface area is 251 Å². The zero-order chi connectivity index (χ0) is 30.8. The Morgan fingerprint density at radius 3 is 2.65 bits per heavy atom. The van der Waals surface area contributed by atoms with E-state index in [0.29, 0.717) is 47.5 Å². The van der Waals surface area contributed by atoms with E-state index in [2.05, 4.69) is 15.3 Å². The van der Waals surface area contributed by atoms with E-state index in [9.17, 15) is 14.0 Å². The van der Waals surface area contributed by atoms with Gasteiger partial charge in [0.15, 0.2) is 5.82 Å². The lowest BCUT2D eigenvalue weighted by Gasteiger charge is -2.23. The van der Waals surface area contributed by atoms with E-state index < -0.39 is 23.2 Å². The molecule has 3 heterocycles. The van der Waals surface area contributed by atoms with Crippen molar-refractivity contribution >= 4 is 28.9 Å². The number of pyridine rings is 1. The average Bonchev–Trinajstić information content (AvgIpc) is 2.97. The highest BCUT2D eigenvalue weighted by Crippen LogP contribution is 2.36. The van der Waals surface area contributed by atoms with Crippen LogP contribution in [0.25, 0.3) is 22.4 Å². The van der Waals surface area contributed by atoms with E-state index in [1.54, 1.807) is 25.3 Å². The molecule has 2 unspecified atom stereocenters. The van der Waals surface area contributed by atoms with Crippen molar-refractivity contribution in [2.24, 2.45) is 17.5 Å². The smallest absolute Gasteiger partial charge is 0.254 e. The summed E-state index contributed by atoms with van der Waals surface area (Å²) in [5.41, 5.74) is 7.97. The fraction of sp³-hybridized carbons (Fsp3) is 0.226. The summed E-state index contributed by atoms with van der Waals surface area (Å²) < 4.78 is 31.1. The van der Waals surface area contributed by atoms with Crippen LogP contribution in [0.2, 0.25) is 5.02 Å². The molecule has 0 saturated carbocycles. The van der Waals surface area contributed by atoms with Gasteiger partial charge in [-0.2, -0.15) is 0 Å². The second-order valence-electron chi connectivity index (χ2n) is 10.6. The molecular weight excluding hydrogens is 576 g/mol. The monoisotopic (exact) mass is 605 g/mol. The third kappa shape index (κ3) is 6.27. The van der Waals surface area contributed by atoms with Crippen LogP contribution < -0.4 is 27.5 Å². The molecule has 2 aromatic heterocycles. The summed E-state index contributed by atoms with van der Waals surface area (Å²) in [7, 11) is 0. The molecular formula is C31H30ClF2N7O2. The lowest BCUT2D eigenvalue weighted by molar-refractivity contribution is -0.119. The summed E-state index contributed by atoms with van der Waals surface area (Å²) >= 11 is 6.09. The van der Waals surface area contributed by atoms with Crippen LogP contribution in [-0.2, 0) is 4.79 Å². The number of hydrogen-bond donors (Lipinski definition) is 3. The molecule has 43 heavy (non-hydrogen) atoms. The number of benzene rings is 2. The molecule has 5 rings (SSSR count). The van der Waals surface area contributed by atoms with E-state index in [0.717, 1.165) is 5.01 Å². The largest absolute Gasteiger partial charge is 0.401 e. The minimum Gasteiger partial charge on any atom is -0.401 e. The number of allylic oxidation sites excluding steroid dienone is 1. The molecule has 4 aromatic rings. The first kappa shape index (κ1) is 29.9. The fourth-order valence-corrected chi connectivity index (χ4v) is 5.32. The van der Waals surface area contributed by atoms with Gasteiger partial charge in [0.05, 0.1) is 40.0 Å². The number of rotatable bonds is 4. The zero-order valence-corrected chi connectivity index (χ0v) is 24.3. The first-order valence-corrected chi connectivity index (χ1v) is 14.0. The highest BCUT2D eigenvalue weighted by atomic mass is 35.5. The molecule has 1 aliphatic heterocycles. The average molecular weight is 606 g/mol. The van der Waals surface area contributed by atoms with Crippen LogP contribution in [0.5, 0.6) is 0 Å². The molecule has 0 aliphatic carbocycles. The summed E-state index contributed by atoms with van der Waals surface area (Å²) in [4.78, 5) is 35.6. The quantitative estimate of drug-likeness (QED) is 0.199. The third-order valence-corrected chi connectivity index (χ3v) is 7.65. The van der Waals surface area contributed by atoms with Gasteiger partial charge >= 0.3 is 0 Å². The number of fused-ring (bicyclic) bond motifs is 4. The van der Waals surface area contributed by atoms with Crippen LogP contribution in [-0.4, -0.2) is 20.4 Å². The number of halogens is 3. The highest BCUT2D eigenvalue weighted by molar-refractivity contribution is 6.31. The molecule has 5 N–H and O–H groups in total. The maximum atomic E-state index is 15.4. The number of hydrazine groups is 1. The minimum atomic E-state index is -0.791. The lowest BCUT2D eigenvalue weighted by atomic mass is 9.95. The van der Waals surface area contributed by atoms with Crippen LogP contribution in [0.3, 0.4) is 0 Å². The second-order valence-corrected chi connectivity index (χ2v) is 11.0. The van der Waals surface area contributed by atoms with Crippen LogP contribution >= 0.6 is 11.6 Å². The van der Waals surface area contributed by atoms with Crippen molar-refractivity contribution in [1.29, 1.82) is 0 Å². The number of carbonyl (C=O) groups excluding carboxylic acids is 1. The molecule has 0 spiro atoms. The number of carbonyl (C=O) groups is 1. The number of nitrogens with zero attached hydrogens (tertiary/aromatic N) is 4. The summed E-state index contributed by atoms with van der Waals surface area (Å²) in [6.07, 6.45) is 5.90. The van der Waals surface area contributed by atoms with Gasteiger partial charge in [0.2, 0.25) is 5.91 Å². The fourth-order valence-electron chi connectivity index (χ4n) is 5.17. The predicted molar refractivity (Wildman–Crippen MR) is 163 cm³/mol. The first-order valence-electron chi connectivity index (χ1n) is 13.6. The van der Waals surface area contributed by atoms with Gasteiger partial charge in [-0.1, -0.05) is 24.9 Å². The summed E-state index contributed by atoms with van der Waals surface area (Å²) in [6.45, 7) is 3.44. The molecule has 2 atom stereocenters. The molecule has 0 saturated heterocycles. The first-order chi connectivity index (χ1) is 20.5. The van der Waals surface area contributed by atoms with Gasteiger partial charge in [0, 0.05) is 41.3 Å². The molecule has 0 fully saturated rings. The zero-order valence-electron chi connectivity index (χ0n) is 23.5. The van der Waals surface area contributed by atoms with Gasteiger partial charge in [-0.3, -0.25) is 24.1 Å². The number of amides is 1. The standard InChI is InChI=1S/C31H30ClF2N7O2/c1-17-4-3-5-26(24-12-19(10-11-37-24)21-13-20(33)6-8-23(21)39-31(17)43)40-16-38-25(14-28(40)42)29-27(41(36)15-18(2)35)9-7-22(32)30(29)34/h6-17,26H,3-5,35-36H2,1-2H3,(H,39,43)/b18-15-. The van der Waals surface area contributed by atoms with E-state index in [-0.39, 0.29) is 33.8 Å². The molecule has 2 aromatic carbocycles. The summed E-state index contributed by atoms with van der Waals surface area (Å²) in [6, 6.07) is 11.2. The van der Waals surface area contributed by atoms with E-state index in [4.69, 9.17) is 23.2 Å². The van der Waals surface area contributed by atoms with Gasteiger partial charge in [0.25, 0.3) is 5.56 Å². The number of nitrogens with one attached hydrogen (secondary N) is 1. The predicted octanol–water partition coefficient (Wildman–Crippen LogP) is 5.75.